The fraction of sp³-hybridized carbons (Fsp3) is 0.100. The summed E-state index contributed by atoms with van der Waals surface area (Å²) in [5.74, 6) is -0.414. The number of pyridine rings is 2. The number of rotatable bonds is 3. The van der Waals surface area contributed by atoms with Gasteiger partial charge in [0.15, 0.2) is 0 Å². The Balaban J connectivity index is 1.84. The number of anilines is 1. The van der Waals surface area contributed by atoms with Gasteiger partial charge < -0.3 is 9.84 Å². The Morgan fingerprint density at radius 1 is 1.15 bits per heavy atom. The Kier molecular flexibility index (Phi) is 4.12. The topological polar surface area (TPSA) is 80.9 Å². The van der Waals surface area contributed by atoms with Crippen molar-refractivity contribution in [3.63, 3.8) is 0 Å². The van der Waals surface area contributed by atoms with Crippen molar-refractivity contribution in [2.24, 2.45) is 0 Å². The molecular formula is C20H15FN4O2. The zero-order valence-electron chi connectivity index (χ0n) is 14.7. The minimum Gasteiger partial charge on any atom is -0.335 e. The number of hydrogen-bond acceptors (Lipinski definition) is 5. The van der Waals surface area contributed by atoms with Gasteiger partial charge in [-0.3, -0.25) is 4.79 Å². The summed E-state index contributed by atoms with van der Waals surface area (Å²) in [6, 6.07) is 11.4. The molecule has 0 saturated heterocycles. The average Bonchev–Trinajstić information content (AvgIpc) is 3.02. The standard InChI is InChI=1S/C20H15FN4O2/c1-11-7-8-22-17(9-11)24-19(26)14-10-16(13-5-3-4-6-15(13)21)23-20-18(14)12(2)25-27-20/h3-10H,1-2H3,(H,22,24,26). The van der Waals surface area contributed by atoms with Crippen LogP contribution in [-0.4, -0.2) is 21.0 Å². The largest absolute Gasteiger partial charge is 0.335 e. The molecule has 27 heavy (non-hydrogen) atoms. The molecule has 3 aromatic heterocycles. The highest BCUT2D eigenvalue weighted by atomic mass is 19.1. The highest BCUT2D eigenvalue weighted by molar-refractivity contribution is 6.12. The van der Waals surface area contributed by atoms with Crippen LogP contribution in [0.15, 0.2) is 53.2 Å². The van der Waals surface area contributed by atoms with Crippen LogP contribution in [0.25, 0.3) is 22.4 Å². The second-order valence-corrected chi connectivity index (χ2v) is 6.16. The zero-order valence-corrected chi connectivity index (χ0v) is 14.7. The Morgan fingerprint density at radius 3 is 2.74 bits per heavy atom. The summed E-state index contributed by atoms with van der Waals surface area (Å²) in [6.45, 7) is 3.63. The normalized spacial score (nSPS) is 10.9. The van der Waals surface area contributed by atoms with Gasteiger partial charge in [0.05, 0.1) is 22.3 Å². The van der Waals surface area contributed by atoms with E-state index in [1.54, 1.807) is 37.4 Å². The molecular weight excluding hydrogens is 347 g/mol. The van der Waals surface area contributed by atoms with Crippen molar-refractivity contribution < 1.29 is 13.7 Å². The third-order valence-electron chi connectivity index (χ3n) is 4.17. The lowest BCUT2D eigenvalue weighted by Crippen LogP contribution is -2.14. The van der Waals surface area contributed by atoms with Crippen LogP contribution in [-0.2, 0) is 0 Å². The fourth-order valence-electron chi connectivity index (χ4n) is 2.87. The number of aromatic nitrogens is 3. The first kappa shape index (κ1) is 16.8. The number of fused-ring (bicyclic) bond motifs is 1. The van der Waals surface area contributed by atoms with Crippen LogP contribution in [0, 0.1) is 19.7 Å². The molecule has 0 saturated carbocycles. The lowest BCUT2D eigenvalue weighted by atomic mass is 10.0. The van der Waals surface area contributed by atoms with Gasteiger partial charge in [-0.1, -0.05) is 17.3 Å². The second kappa shape index (κ2) is 6.60. The number of aryl methyl sites for hydroxylation is 2. The molecule has 0 atom stereocenters. The summed E-state index contributed by atoms with van der Waals surface area (Å²) in [5, 5.41) is 7.14. The molecule has 0 radical (unpaired) electrons. The molecule has 1 N–H and O–H groups in total. The van der Waals surface area contributed by atoms with Crippen LogP contribution in [0.4, 0.5) is 10.2 Å². The quantitative estimate of drug-likeness (QED) is 0.588. The van der Waals surface area contributed by atoms with Gasteiger partial charge >= 0.3 is 0 Å². The van der Waals surface area contributed by atoms with Crippen molar-refractivity contribution >= 4 is 22.8 Å². The molecule has 0 aliphatic heterocycles. The van der Waals surface area contributed by atoms with Crippen LogP contribution >= 0.6 is 0 Å². The number of amides is 1. The number of carbonyl (C=O) groups excluding carboxylic acids is 1. The van der Waals surface area contributed by atoms with Crippen molar-refractivity contribution in [2.75, 3.05) is 5.32 Å². The first-order chi connectivity index (χ1) is 13.0. The van der Waals surface area contributed by atoms with Gasteiger partial charge in [0.2, 0.25) is 0 Å². The molecule has 4 rings (SSSR count). The SMILES string of the molecule is Cc1ccnc(NC(=O)c2cc(-c3ccccc3F)nc3onc(C)c23)c1. The first-order valence-corrected chi connectivity index (χ1v) is 8.29. The van der Waals surface area contributed by atoms with E-state index in [2.05, 4.69) is 20.4 Å². The number of nitrogens with zero attached hydrogens (tertiary/aromatic N) is 3. The Bertz CT molecular complexity index is 1170. The van der Waals surface area contributed by atoms with Gasteiger partial charge in [-0.2, -0.15) is 0 Å². The van der Waals surface area contributed by atoms with E-state index in [4.69, 9.17) is 4.52 Å². The van der Waals surface area contributed by atoms with Crippen LogP contribution in [0.1, 0.15) is 21.6 Å². The fourth-order valence-corrected chi connectivity index (χ4v) is 2.87. The Hall–Kier alpha value is -3.61. The van der Waals surface area contributed by atoms with E-state index in [9.17, 15) is 9.18 Å². The van der Waals surface area contributed by atoms with Crippen molar-refractivity contribution in [1.82, 2.24) is 15.1 Å². The minimum absolute atomic E-state index is 0.176. The van der Waals surface area contributed by atoms with E-state index in [1.165, 1.54) is 12.1 Å². The van der Waals surface area contributed by atoms with E-state index in [0.29, 0.717) is 28.2 Å². The van der Waals surface area contributed by atoms with Crippen LogP contribution in [0.3, 0.4) is 0 Å². The molecule has 1 aromatic carbocycles. The summed E-state index contributed by atoms with van der Waals surface area (Å²) >= 11 is 0. The molecule has 0 aliphatic carbocycles. The van der Waals surface area contributed by atoms with Crippen molar-refractivity contribution in [3.8, 4) is 11.3 Å². The molecule has 0 fully saturated rings. The summed E-state index contributed by atoms with van der Waals surface area (Å²) in [6.07, 6.45) is 1.61. The van der Waals surface area contributed by atoms with E-state index < -0.39 is 11.7 Å². The average molecular weight is 362 g/mol. The predicted octanol–water partition coefficient (Wildman–Crippen LogP) is 4.29. The highest BCUT2D eigenvalue weighted by Gasteiger charge is 2.20. The van der Waals surface area contributed by atoms with Gasteiger partial charge in [-0.15, -0.1) is 0 Å². The van der Waals surface area contributed by atoms with E-state index >= 15 is 0 Å². The van der Waals surface area contributed by atoms with Crippen molar-refractivity contribution in [3.05, 3.63) is 71.3 Å². The first-order valence-electron chi connectivity index (χ1n) is 8.29. The van der Waals surface area contributed by atoms with E-state index in [-0.39, 0.29) is 11.3 Å². The predicted molar refractivity (Wildman–Crippen MR) is 98.9 cm³/mol. The van der Waals surface area contributed by atoms with Crippen LogP contribution in [0.2, 0.25) is 0 Å². The van der Waals surface area contributed by atoms with Crippen LogP contribution < -0.4 is 5.32 Å². The van der Waals surface area contributed by atoms with Gasteiger partial charge in [0.25, 0.3) is 11.6 Å². The van der Waals surface area contributed by atoms with Crippen LogP contribution in [0.5, 0.6) is 0 Å². The zero-order chi connectivity index (χ0) is 19.0. The van der Waals surface area contributed by atoms with Crippen molar-refractivity contribution in [2.45, 2.75) is 13.8 Å². The number of carbonyl (C=O) groups is 1. The van der Waals surface area contributed by atoms with Gasteiger partial charge in [0.1, 0.15) is 11.6 Å². The molecule has 7 heteroatoms. The molecule has 1 amide bonds. The molecule has 4 aromatic rings. The summed E-state index contributed by atoms with van der Waals surface area (Å²) in [5.41, 5.74) is 2.53. The van der Waals surface area contributed by atoms with Gasteiger partial charge in [-0.25, -0.2) is 14.4 Å². The monoisotopic (exact) mass is 362 g/mol. The molecule has 6 nitrogen and oxygen atoms in total. The minimum atomic E-state index is -0.438. The highest BCUT2D eigenvalue weighted by Crippen LogP contribution is 2.28. The third-order valence-corrected chi connectivity index (χ3v) is 4.17. The molecule has 3 heterocycles. The summed E-state index contributed by atoms with van der Waals surface area (Å²) in [7, 11) is 0. The Labute approximate surface area is 154 Å². The number of halogens is 1. The van der Waals surface area contributed by atoms with Crippen molar-refractivity contribution in [1.29, 1.82) is 0 Å². The summed E-state index contributed by atoms with van der Waals surface area (Å²) in [4.78, 5) is 21.4. The van der Waals surface area contributed by atoms with Gasteiger partial charge in [-0.05, 0) is 49.7 Å². The maximum Gasteiger partial charge on any atom is 0.259 e. The number of benzene rings is 1. The van der Waals surface area contributed by atoms with E-state index in [0.717, 1.165) is 5.56 Å². The Morgan fingerprint density at radius 2 is 1.96 bits per heavy atom. The maximum atomic E-state index is 14.2. The maximum absolute atomic E-state index is 14.2. The third kappa shape index (κ3) is 3.15. The van der Waals surface area contributed by atoms with Gasteiger partial charge in [0, 0.05) is 11.8 Å². The number of hydrogen-bond donors (Lipinski definition) is 1. The second-order valence-electron chi connectivity index (χ2n) is 6.16. The molecule has 0 unspecified atom stereocenters. The number of nitrogens with one attached hydrogen (secondary N) is 1. The summed E-state index contributed by atoms with van der Waals surface area (Å²) < 4.78 is 19.4. The molecule has 0 bridgehead atoms. The molecule has 134 valence electrons. The lowest BCUT2D eigenvalue weighted by Gasteiger charge is -2.08. The lowest BCUT2D eigenvalue weighted by molar-refractivity contribution is 0.102. The van der Waals surface area contributed by atoms with E-state index in [1.807, 2.05) is 13.0 Å². The molecule has 0 spiro atoms. The smallest absolute Gasteiger partial charge is 0.259 e. The molecule has 0 aliphatic rings.